The Morgan fingerprint density at radius 1 is 0.667 bits per heavy atom. The molecule has 2 aliphatic carbocycles. The number of allylic oxidation sites excluding steroid dienone is 4. The summed E-state index contributed by atoms with van der Waals surface area (Å²) in [5.41, 5.74) is 5.65. The lowest BCUT2D eigenvalue weighted by molar-refractivity contribution is 0.378. The molecule has 0 radical (unpaired) electrons. The van der Waals surface area contributed by atoms with Crippen molar-refractivity contribution in [2.45, 2.75) is 114 Å². The molecule has 0 saturated heterocycles. The molecule has 4 aromatic carbocycles. The first-order chi connectivity index (χ1) is 26.5. The molecule has 0 aromatic heterocycles. The van der Waals surface area contributed by atoms with Crippen molar-refractivity contribution in [1.82, 2.24) is 5.32 Å². The highest BCUT2D eigenvalue weighted by Crippen LogP contribution is 2.64. The van der Waals surface area contributed by atoms with Crippen LogP contribution in [0.2, 0.25) is 0 Å². The van der Waals surface area contributed by atoms with Crippen LogP contribution in [0.5, 0.6) is 0 Å². The molecule has 54 heavy (non-hydrogen) atoms. The Bertz CT molecular complexity index is 1990. The van der Waals surface area contributed by atoms with E-state index in [9.17, 15) is 0 Å². The Hall–Kier alpha value is -3.48. The first kappa shape index (κ1) is 38.8. The van der Waals surface area contributed by atoms with Gasteiger partial charge in [0.25, 0.3) is 0 Å². The zero-order chi connectivity index (χ0) is 37.4. The quantitative estimate of drug-likeness (QED) is 0.0915. The van der Waals surface area contributed by atoms with E-state index in [-0.39, 0.29) is 16.9 Å². The lowest BCUT2D eigenvalue weighted by Gasteiger charge is -2.41. The number of hydrogen-bond acceptors (Lipinski definition) is 3. The summed E-state index contributed by atoms with van der Waals surface area (Å²) in [5.74, 6) is -0.205. The van der Waals surface area contributed by atoms with Crippen molar-refractivity contribution >= 4 is 41.1 Å². The standard InChI is InChI=1S/C49H59NO2P2/c1-3-5-7-20-34-49(35-21-8-6-4-2)46-37-42(53(51,39-23-13-9-14-24-39)40-25-15-10-16-26-40)30-32-44(46)45-33-31-43(38-47(45)49)54(52,41-27-17-11-18-28-41)48-29-19-12-22-36-50-48/h9-19,22-30,32,37,43,48,50H,3-8,20-21,31,33-36,38H2,1-2H3. The van der Waals surface area contributed by atoms with E-state index in [1.165, 1.54) is 55.2 Å². The van der Waals surface area contributed by atoms with Gasteiger partial charge >= 0.3 is 0 Å². The normalized spacial score (nSPS) is 20.3. The molecular formula is C49H59NO2P2. The summed E-state index contributed by atoms with van der Waals surface area (Å²) >= 11 is 0. The summed E-state index contributed by atoms with van der Waals surface area (Å²) in [6.45, 7) is 5.30. The van der Waals surface area contributed by atoms with Gasteiger partial charge in [-0.3, -0.25) is 0 Å². The molecule has 1 heterocycles. The minimum Gasteiger partial charge on any atom is -0.316 e. The molecule has 3 aliphatic rings. The number of nitrogens with one attached hydrogen (secondary N) is 1. The molecule has 4 aromatic rings. The van der Waals surface area contributed by atoms with Crippen molar-refractivity contribution < 1.29 is 9.13 Å². The molecule has 7 rings (SSSR count). The Morgan fingerprint density at radius 2 is 1.26 bits per heavy atom. The van der Waals surface area contributed by atoms with Crippen molar-refractivity contribution in [3.63, 3.8) is 0 Å². The number of rotatable bonds is 16. The first-order valence-corrected chi connectivity index (χ1v) is 24.3. The third kappa shape index (κ3) is 7.42. The van der Waals surface area contributed by atoms with Crippen molar-refractivity contribution in [2.24, 2.45) is 0 Å². The molecule has 1 N–H and O–H groups in total. The summed E-state index contributed by atoms with van der Waals surface area (Å²) in [4.78, 5) is 0. The SMILES string of the molecule is CCCCCCC1(CCCCCC)C2=C(CCC(P(=O)(c3ccccc3)C3C=CC=CCN3)C2)c2ccc(P(=O)(c3ccccc3)c3ccccc3)cc21. The first-order valence-electron chi connectivity index (χ1n) is 20.8. The second-order valence-corrected chi connectivity index (χ2v) is 21.8. The molecule has 282 valence electrons. The Labute approximate surface area is 325 Å². The molecule has 3 unspecified atom stereocenters. The minimum absolute atomic E-state index is 0.0399. The van der Waals surface area contributed by atoms with E-state index in [1.807, 2.05) is 66.7 Å². The average molecular weight is 756 g/mol. The maximum atomic E-state index is 16.0. The number of benzene rings is 4. The highest BCUT2D eigenvalue weighted by Gasteiger charge is 2.51. The summed E-state index contributed by atoms with van der Waals surface area (Å²) in [6.07, 6.45) is 22.9. The predicted octanol–water partition coefficient (Wildman–Crippen LogP) is 11.6. The zero-order valence-electron chi connectivity index (χ0n) is 32.5. The molecule has 0 fully saturated rings. The summed E-state index contributed by atoms with van der Waals surface area (Å²) in [6, 6.07) is 37.6. The van der Waals surface area contributed by atoms with Crippen molar-refractivity contribution in [3.05, 3.63) is 150 Å². The monoisotopic (exact) mass is 755 g/mol. The van der Waals surface area contributed by atoms with Gasteiger partial charge in [-0.15, -0.1) is 0 Å². The van der Waals surface area contributed by atoms with Gasteiger partial charge in [-0.1, -0.05) is 198 Å². The highest BCUT2D eigenvalue weighted by molar-refractivity contribution is 7.85. The van der Waals surface area contributed by atoms with Crippen LogP contribution in [0.3, 0.4) is 0 Å². The molecule has 5 heteroatoms. The molecular weight excluding hydrogens is 696 g/mol. The smallest absolute Gasteiger partial charge is 0.171 e. The number of hydrogen-bond donors (Lipinski definition) is 1. The number of fused-ring (bicyclic) bond motifs is 2. The average Bonchev–Trinajstić information content (AvgIpc) is 3.36. The van der Waals surface area contributed by atoms with Crippen LogP contribution in [0.4, 0.5) is 0 Å². The van der Waals surface area contributed by atoms with Gasteiger partial charge in [-0.2, -0.15) is 0 Å². The molecule has 3 atom stereocenters. The van der Waals surface area contributed by atoms with E-state index < -0.39 is 14.3 Å². The van der Waals surface area contributed by atoms with Gasteiger partial charge in [0.1, 0.15) is 7.14 Å². The van der Waals surface area contributed by atoms with Crippen molar-refractivity contribution in [1.29, 1.82) is 0 Å². The molecule has 0 spiro atoms. The van der Waals surface area contributed by atoms with Gasteiger partial charge in [0, 0.05) is 38.8 Å². The van der Waals surface area contributed by atoms with Crippen LogP contribution in [0.1, 0.15) is 108 Å². The lowest BCUT2D eigenvalue weighted by Crippen LogP contribution is -2.38. The van der Waals surface area contributed by atoms with Crippen LogP contribution in [0, 0.1) is 0 Å². The van der Waals surface area contributed by atoms with E-state index in [4.69, 9.17) is 0 Å². The lowest BCUT2D eigenvalue weighted by atomic mass is 9.67. The van der Waals surface area contributed by atoms with Crippen molar-refractivity contribution in [3.8, 4) is 0 Å². The zero-order valence-corrected chi connectivity index (χ0v) is 34.3. The van der Waals surface area contributed by atoms with Crippen LogP contribution in [-0.2, 0) is 14.5 Å². The van der Waals surface area contributed by atoms with Gasteiger partial charge < -0.3 is 14.4 Å². The molecule has 1 aliphatic heterocycles. The van der Waals surface area contributed by atoms with Gasteiger partial charge in [0.05, 0.1) is 5.78 Å². The van der Waals surface area contributed by atoms with E-state index in [1.54, 1.807) is 5.57 Å². The fourth-order valence-corrected chi connectivity index (χ4v) is 16.0. The third-order valence-corrected chi connectivity index (χ3v) is 19.4. The number of unbranched alkanes of at least 4 members (excludes halogenated alkanes) is 6. The Morgan fingerprint density at radius 3 is 1.85 bits per heavy atom. The van der Waals surface area contributed by atoms with Gasteiger partial charge in [-0.05, 0) is 54.9 Å². The molecule has 0 bridgehead atoms. The van der Waals surface area contributed by atoms with E-state index in [0.29, 0.717) is 6.54 Å². The minimum atomic E-state index is -3.17. The molecule has 3 nitrogen and oxygen atoms in total. The maximum absolute atomic E-state index is 16.0. The Balaban J connectivity index is 1.38. The van der Waals surface area contributed by atoms with Gasteiger partial charge in [0.15, 0.2) is 7.14 Å². The highest BCUT2D eigenvalue weighted by atomic mass is 31.2. The Kier molecular flexibility index (Phi) is 12.6. The summed E-state index contributed by atoms with van der Waals surface area (Å²) in [7, 11) is -6.12. The summed E-state index contributed by atoms with van der Waals surface area (Å²) < 4.78 is 31.9. The van der Waals surface area contributed by atoms with Crippen molar-refractivity contribution in [2.75, 3.05) is 6.54 Å². The van der Waals surface area contributed by atoms with Gasteiger partial charge in [0.2, 0.25) is 0 Å². The van der Waals surface area contributed by atoms with Crippen LogP contribution in [0.25, 0.3) is 5.57 Å². The molecule has 0 amide bonds. The van der Waals surface area contributed by atoms with E-state index in [0.717, 1.165) is 66.2 Å². The van der Waals surface area contributed by atoms with Crippen LogP contribution < -0.4 is 26.5 Å². The van der Waals surface area contributed by atoms with Crippen LogP contribution in [0.15, 0.2) is 139 Å². The molecule has 0 saturated carbocycles. The topological polar surface area (TPSA) is 46.2 Å². The fourth-order valence-electron chi connectivity index (χ4n) is 9.80. The largest absolute Gasteiger partial charge is 0.316 e. The van der Waals surface area contributed by atoms with Crippen LogP contribution in [-0.4, -0.2) is 18.0 Å². The van der Waals surface area contributed by atoms with Gasteiger partial charge in [-0.25, -0.2) is 0 Å². The second-order valence-electron chi connectivity index (χ2n) is 15.8. The predicted molar refractivity (Wildman–Crippen MR) is 233 cm³/mol. The van der Waals surface area contributed by atoms with E-state index in [2.05, 4.69) is 85.9 Å². The fraction of sp³-hybridized carbons (Fsp3) is 0.388. The summed E-state index contributed by atoms with van der Waals surface area (Å²) in [5, 5.41) is 7.36. The maximum Gasteiger partial charge on any atom is 0.171 e. The van der Waals surface area contributed by atoms with Crippen LogP contribution >= 0.6 is 14.3 Å². The third-order valence-electron chi connectivity index (χ3n) is 12.6. The second kappa shape index (κ2) is 17.5. The van der Waals surface area contributed by atoms with E-state index >= 15 is 9.13 Å².